The molecule has 0 fully saturated rings. The van der Waals surface area contributed by atoms with E-state index >= 15 is 0 Å². The molecule has 0 aliphatic heterocycles. The van der Waals surface area contributed by atoms with Crippen LogP contribution in [0.1, 0.15) is 17.3 Å². The van der Waals surface area contributed by atoms with Crippen molar-refractivity contribution in [3.63, 3.8) is 0 Å². The third-order valence-corrected chi connectivity index (χ3v) is 3.03. The Balaban J connectivity index is 2.64. The first-order valence-electron chi connectivity index (χ1n) is 5.15. The summed E-state index contributed by atoms with van der Waals surface area (Å²) in [5, 5.41) is 0.413. The van der Waals surface area contributed by atoms with Crippen LogP contribution < -0.4 is 0 Å². The molecule has 0 radical (unpaired) electrons. The van der Waals surface area contributed by atoms with E-state index in [0.29, 0.717) is 9.86 Å². The van der Waals surface area contributed by atoms with Crippen molar-refractivity contribution < 1.29 is 13.9 Å². The van der Waals surface area contributed by atoms with E-state index in [1.807, 2.05) is 0 Å². The fourth-order valence-corrected chi connectivity index (χ4v) is 2.20. The van der Waals surface area contributed by atoms with Crippen molar-refractivity contribution in [2.24, 2.45) is 0 Å². The zero-order chi connectivity index (χ0) is 13.3. The normalized spacial score (nSPS) is 10.7. The van der Waals surface area contributed by atoms with Crippen molar-refractivity contribution in [2.45, 2.75) is 6.92 Å². The third-order valence-electron chi connectivity index (χ3n) is 2.29. The van der Waals surface area contributed by atoms with E-state index in [2.05, 4.69) is 20.9 Å². The number of hydrogen-bond donors (Lipinski definition) is 0. The van der Waals surface area contributed by atoms with Crippen molar-refractivity contribution >= 4 is 44.4 Å². The lowest BCUT2D eigenvalue weighted by molar-refractivity contribution is 0.0526. The monoisotopic (exact) mass is 331 g/mol. The van der Waals surface area contributed by atoms with Gasteiger partial charge in [0.1, 0.15) is 10.7 Å². The molecular weight excluding hydrogens is 324 g/mol. The summed E-state index contributed by atoms with van der Waals surface area (Å²) in [6.45, 7) is 1.93. The lowest BCUT2D eigenvalue weighted by Crippen LogP contribution is -2.06. The second-order valence-corrected chi connectivity index (χ2v) is 4.78. The SMILES string of the molecule is CCOC(=O)c1cc2cc(Br)cc(F)c2nc1Cl. The van der Waals surface area contributed by atoms with Crippen molar-refractivity contribution in [1.29, 1.82) is 0 Å². The Labute approximate surface area is 116 Å². The Morgan fingerprint density at radius 2 is 2.22 bits per heavy atom. The molecule has 18 heavy (non-hydrogen) atoms. The maximum absolute atomic E-state index is 13.6. The highest BCUT2D eigenvalue weighted by molar-refractivity contribution is 9.10. The first kappa shape index (κ1) is 13.2. The summed E-state index contributed by atoms with van der Waals surface area (Å²) in [7, 11) is 0. The minimum atomic E-state index is -0.572. The fraction of sp³-hybridized carbons (Fsp3) is 0.167. The summed E-state index contributed by atoms with van der Waals surface area (Å²) < 4.78 is 19.1. The van der Waals surface area contributed by atoms with Crippen LogP contribution in [0.25, 0.3) is 10.9 Å². The quantitative estimate of drug-likeness (QED) is 0.617. The van der Waals surface area contributed by atoms with Crippen molar-refractivity contribution in [3.8, 4) is 0 Å². The number of benzene rings is 1. The van der Waals surface area contributed by atoms with E-state index < -0.39 is 11.8 Å². The topological polar surface area (TPSA) is 39.2 Å². The van der Waals surface area contributed by atoms with Gasteiger partial charge in [-0.1, -0.05) is 27.5 Å². The van der Waals surface area contributed by atoms with Gasteiger partial charge in [-0.15, -0.1) is 0 Å². The highest BCUT2D eigenvalue weighted by Crippen LogP contribution is 2.26. The minimum absolute atomic E-state index is 0.0674. The number of ether oxygens (including phenoxy) is 1. The molecule has 2 rings (SSSR count). The van der Waals surface area contributed by atoms with Gasteiger partial charge in [0.15, 0.2) is 5.82 Å². The van der Waals surface area contributed by atoms with Crippen LogP contribution in [0, 0.1) is 5.82 Å². The predicted molar refractivity (Wildman–Crippen MR) is 70.4 cm³/mol. The van der Waals surface area contributed by atoms with Crippen molar-refractivity contribution in [1.82, 2.24) is 4.98 Å². The minimum Gasteiger partial charge on any atom is -0.462 e. The standard InChI is InChI=1S/C12H8BrClFNO2/c1-2-18-12(17)8-4-6-3-7(13)5-9(15)10(6)16-11(8)14/h3-5H,2H2,1H3. The largest absolute Gasteiger partial charge is 0.462 e. The molecule has 0 bridgehead atoms. The molecule has 0 aliphatic carbocycles. The molecule has 0 atom stereocenters. The van der Waals surface area contributed by atoms with E-state index in [-0.39, 0.29) is 22.8 Å². The highest BCUT2D eigenvalue weighted by Gasteiger charge is 2.16. The number of nitrogens with zero attached hydrogens (tertiary/aromatic N) is 1. The second kappa shape index (κ2) is 5.20. The van der Waals surface area contributed by atoms with Crippen LogP contribution in [-0.4, -0.2) is 17.6 Å². The Kier molecular flexibility index (Phi) is 3.82. The summed E-state index contributed by atoms with van der Waals surface area (Å²) in [6, 6.07) is 4.41. The average Bonchev–Trinajstić information content (AvgIpc) is 2.29. The number of halogens is 3. The molecule has 1 heterocycles. The number of aromatic nitrogens is 1. The Morgan fingerprint density at radius 1 is 1.50 bits per heavy atom. The van der Waals surface area contributed by atoms with Crippen LogP contribution >= 0.6 is 27.5 Å². The van der Waals surface area contributed by atoms with E-state index in [1.54, 1.807) is 13.0 Å². The van der Waals surface area contributed by atoms with E-state index in [1.165, 1.54) is 12.1 Å². The van der Waals surface area contributed by atoms with Crippen LogP contribution in [0.3, 0.4) is 0 Å². The molecule has 0 N–H and O–H groups in total. The molecule has 94 valence electrons. The van der Waals surface area contributed by atoms with Gasteiger partial charge in [-0.05, 0) is 25.1 Å². The molecule has 0 saturated heterocycles. The Morgan fingerprint density at radius 3 is 2.89 bits per heavy atom. The molecule has 3 nitrogen and oxygen atoms in total. The second-order valence-electron chi connectivity index (χ2n) is 3.51. The average molecular weight is 333 g/mol. The zero-order valence-corrected chi connectivity index (χ0v) is 11.7. The molecule has 0 amide bonds. The lowest BCUT2D eigenvalue weighted by Gasteiger charge is -2.06. The van der Waals surface area contributed by atoms with Gasteiger partial charge in [0.25, 0.3) is 0 Å². The van der Waals surface area contributed by atoms with Gasteiger partial charge in [0.05, 0.1) is 12.2 Å². The predicted octanol–water partition coefficient (Wildman–Crippen LogP) is 3.97. The highest BCUT2D eigenvalue weighted by atomic mass is 79.9. The summed E-state index contributed by atoms with van der Waals surface area (Å²) in [5.41, 5.74) is 0.250. The number of carbonyl (C=O) groups is 1. The molecule has 2 aromatic rings. The molecule has 6 heteroatoms. The summed E-state index contributed by atoms with van der Waals surface area (Å²) in [5.74, 6) is -1.08. The van der Waals surface area contributed by atoms with Gasteiger partial charge in [-0.25, -0.2) is 14.2 Å². The summed E-state index contributed by atoms with van der Waals surface area (Å²) >= 11 is 9.03. The first-order chi connectivity index (χ1) is 8.52. The van der Waals surface area contributed by atoms with Gasteiger partial charge in [0, 0.05) is 9.86 Å². The van der Waals surface area contributed by atoms with Crippen LogP contribution in [0.4, 0.5) is 4.39 Å². The van der Waals surface area contributed by atoms with Crippen LogP contribution in [-0.2, 0) is 4.74 Å². The number of fused-ring (bicyclic) bond motifs is 1. The number of esters is 1. The van der Waals surface area contributed by atoms with Crippen LogP contribution in [0.5, 0.6) is 0 Å². The zero-order valence-electron chi connectivity index (χ0n) is 9.34. The smallest absolute Gasteiger partial charge is 0.341 e. The fourth-order valence-electron chi connectivity index (χ4n) is 1.54. The van der Waals surface area contributed by atoms with Crippen LogP contribution in [0.15, 0.2) is 22.7 Å². The molecule has 1 aromatic carbocycles. The van der Waals surface area contributed by atoms with Gasteiger partial charge in [-0.3, -0.25) is 0 Å². The van der Waals surface area contributed by atoms with E-state index in [9.17, 15) is 9.18 Å². The molecule has 0 spiro atoms. The maximum Gasteiger partial charge on any atom is 0.341 e. The molecule has 1 aromatic heterocycles. The van der Waals surface area contributed by atoms with Gasteiger partial charge in [-0.2, -0.15) is 0 Å². The Hall–Kier alpha value is -1.20. The maximum atomic E-state index is 13.6. The van der Waals surface area contributed by atoms with Crippen molar-refractivity contribution in [2.75, 3.05) is 6.61 Å². The van der Waals surface area contributed by atoms with Gasteiger partial charge >= 0.3 is 5.97 Å². The molecule has 0 unspecified atom stereocenters. The number of carbonyl (C=O) groups excluding carboxylic acids is 1. The summed E-state index contributed by atoms with van der Waals surface area (Å²) in [6.07, 6.45) is 0. The van der Waals surface area contributed by atoms with Gasteiger partial charge in [0.2, 0.25) is 0 Å². The molecule has 0 saturated carbocycles. The number of pyridine rings is 1. The summed E-state index contributed by atoms with van der Waals surface area (Å²) in [4.78, 5) is 15.5. The number of rotatable bonds is 2. The van der Waals surface area contributed by atoms with Crippen molar-refractivity contribution in [3.05, 3.63) is 39.2 Å². The number of hydrogen-bond acceptors (Lipinski definition) is 3. The van der Waals surface area contributed by atoms with Gasteiger partial charge < -0.3 is 4.74 Å². The lowest BCUT2D eigenvalue weighted by atomic mass is 10.1. The third kappa shape index (κ3) is 2.47. The van der Waals surface area contributed by atoms with E-state index in [0.717, 1.165) is 0 Å². The molecule has 0 aliphatic rings. The molecular formula is C12H8BrClFNO2. The van der Waals surface area contributed by atoms with E-state index in [4.69, 9.17) is 16.3 Å². The first-order valence-corrected chi connectivity index (χ1v) is 6.32. The van der Waals surface area contributed by atoms with Crippen LogP contribution in [0.2, 0.25) is 5.15 Å². The Bertz CT molecular complexity index is 633.